The number of para-hydroxylation sites is 1. The molecule has 0 saturated heterocycles. The molecule has 0 saturated carbocycles. The van der Waals surface area contributed by atoms with Crippen molar-refractivity contribution in [3.63, 3.8) is 0 Å². The van der Waals surface area contributed by atoms with E-state index in [1.807, 2.05) is 18.2 Å². The van der Waals surface area contributed by atoms with Gasteiger partial charge in [0.2, 0.25) is 0 Å². The zero-order valence-electron chi connectivity index (χ0n) is 16.1. The van der Waals surface area contributed by atoms with Crippen molar-refractivity contribution in [2.45, 2.75) is 39.2 Å². The Balaban J connectivity index is 1.65. The van der Waals surface area contributed by atoms with Crippen molar-refractivity contribution in [2.24, 2.45) is 0 Å². The van der Waals surface area contributed by atoms with Crippen LogP contribution in [0, 0.1) is 0 Å². The van der Waals surface area contributed by atoms with E-state index >= 15 is 0 Å². The second-order valence-electron chi connectivity index (χ2n) is 6.68. The first-order valence-electron chi connectivity index (χ1n) is 9.19. The molecule has 2 aromatic carbocycles. The van der Waals surface area contributed by atoms with Gasteiger partial charge in [-0.1, -0.05) is 56.3 Å². The lowest BCUT2D eigenvalue weighted by atomic mass is 10.0. The van der Waals surface area contributed by atoms with Crippen molar-refractivity contribution in [2.75, 3.05) is 13.2 Å². The predicted octanol–water partition coefficient (Wildman–Crippen LogP) is 3.48. The standard InChI is InChI=1S/C22H27NO4/c1-16(2)19-11-9-18(10-12-19)13-14-23-21(24)15-26-22(25)17(3)27-20-7-5-4-6-8-20/h4-12,16-17H,13-15H2,1-3H3,(H,23,24)/t17-/m0/s1. The van der Waals surface area contributed by atoms with Gasteiger partial charge in [0.05, 0.1) is 0 Å². The molecule has 1 amide bonds. The molecule has 27 heavy (non-hydrogen) atoms. The lowest BCUT2D eigenvalue weighted by molar-refractivity contribution is -0.154. The molecule has 2 aromatic rings. The van der Waals surface area contributed by atoms with Crippen LogP contribution in [0.15, 0.2) is 54.6 Å². The summed E-state index contributed by atoms with van der Waals surface area (Å²) in [6, 6.07) is 17.4. The number of benzene rings is 2. The van der Waals surface area contributed by atoms with Gasteiger partial charge in [-0.2, -0.15) is 0 Å². The minimum absolute atomic E-state index is 0.312. The molecule has 0 aliphatic rings. The van der Waals surface area contributed by atoms with Crippen LogP contribution in [0.3, 0.4) is 0 Å². The highest BCUT2D eigenvalue weighted by atomic mass is 16.6. The molecule has 0 spiro atoms. The quantitative estimate of drug-likeness (QED) is 0.688. The highest BCUT2D eigenvalue weighted by Crippen LogP contribution is 2.14. The molecule has 0 aromatic heterocycles. The molecule has 0 aliphatic carbocycles. The molecule has 2 rings (SSSR count). The molecule has 0 heterocycles. The van der Waals surface area contributed by atoms with Gasteiger partial charge in [-0.3, -0.25) is 4.79 Å². The molecule has 0 unspecified atom stereocenters. The third-order valence-electron chi connectivity index (χ3n) is 4.12. The number of rotatable bonds is 9. The van der Waals surface area contributed by atoms with Crippen molar-refractivity contribution in [1.29, 1.82) is 0 Å². The van der Waals surface area contributed by atoms with Gasteiger partial charge >= 0.3 is 5.97 Å². The van der Waals surface area contributed by atoms with Crippen LogP contribution in [0.5, 0.6) is 5.75 Å². The Morgan fingerprint density at radius 2 is 1.63 bits per heavy atom. The van der Waals surface area contributed by atoms with Crippen LogP contribution >= 0.6 is 0 Å². The fourth-order valence-electron chi connectivity index (χ4n) is 2.47. The predicted molar refractivity (Wildman–Crippen MR) is 105 cm³/mol. The molecule has 5 heteroatoms. The van der Waals surface area contributed by atoms with Crippen molar-refractivity contribution < 1.29 is 19.1 Å². The van der Waals surface area contributed by atoms with Crippen molar-refractivity contribution in [1.82, 2.24) is 5.32 Å². The van der Waals surface area contributed by atoms with E-state index in [4.69, 9.17) is 9.47 Å². The highest BCUT2D eigenvalue weighted by molar-refractivity contribution is 5.81. The third-order valence-corrected chi connectivity index (χ3v) is 4.12. The van der Waals surface area contributed by atoms with Crippen LogP contribution in [-0.4, -0.2) is 31.1 Å². The monoisotopic (exact) mass is 369 g/mol. The average Bonchev–Trinajstić information content (AvgIpc) is 2.67. The molecule has 0 radical (unpaired) electrons. The number of carbonyl (C=O) groups is 2. The fraction of sp³-hybridized carbons (Fsp3) is 0.364. The first kappa shape index (κ1) is 20.5. The number of amides is 1. The Morgan fingerprint density at radius 1 is 0.963 bits per heavy atom. The summed E-state index contributed by atoms with van der Waals surface area (Å²) in [6.45, 7) is 6.08. The van der Waals surface area contributed by atoms with Crippen molar-refractivity contribution in [3.05, 3.63) is 65.7 Å². The molecule has 0 aliphatic heterocycles. The van der Waals surface area contributed by atoms with Gasteiger partial charge in [0.25, 0.3) is 5.91 Å². The van der Waals surface area contributed by atoms with Crippen molar-refractivity contribution in [3.8, 4) is 5.75 Å². The van der Waals surface area contributed by atoms with Gasteiger partial charge < -0.3 is 14.8 Å². The SMILES string of the molecule is CC(C)c1ccc(CCNC(=O)COC(=O)[C@H](C)Oc2ccccc2)cc1. The van der Waals surface area contributed by atoms with Crippen LogP contribution in [-0.2, 0) is 20.7 Å². The summed E-state index contributed by atoms with van der Waals surface area (Å²) in [5.74, 6) is 0.184. The minimum Gasteiger partial charge on any atom is -0.479 e. The second kappa shape index (κ2) is 10.4. The van der Waals surface area contributed by atoms with Crippen LogP contribution in [0.1, 0.15) is 37.8 Å². The van der Waals surface area contributed by atoms with Crippen LogP contribution in [0.25, 0.3) is 0 Å². The van der Waals surface area contributed by atoms with E-state index in [2.05, 4.69) is 43.4 Å². The van der Waals surface area contributed by atoms with Gasteiger partial charge in [-0.15, -0.1) is 0 Å². The highest BCUT2D eigenvalue weighted by Gasteiger charge is 2.17. The maximum atomic E-state index is 11.9. The smallest absolute Gasteiger partial charge is 0.347 e. The Bertz CT molecular complexity index is 726. The topological polar surface area (TPSA) is 64.6 Å². The van der Waals surface area contributed by atoms with Gasteiger partial charge in [-0.05, 0) is 42.5 Å². The molecule has 144 valence electrons. The second-order valence-corrected chi connectivity index (χ2v) is 6.68. The van der Waals surface area contributed by atoms with Crippen LogP contribution in [0.4, 0.5) is 0 Å². The Morgan fingerprint density at radius 3 is 2.26 bits per heavy atom. The van der Waals surface area contributed by atoms with E-state index < -0.39 is 12.1 Å². The summed E-state index contributed by atoms with van der Waals surface area (Å²) in [7, 11) is 0. The maximum absolute atomic E-state index is 11.9. The first-order chi connectivity index (χ1) is 13.0. The van der Waals surface area contributed by atoms with E-state index in [1.165, 1.54) is 5.56 Å². The molecule has 1 atom stereocenters. The minimum atomic E-state index is -0.778. The van der Waals surface area contributed by atoms with E-state index in [1.54, 1.807) is 19.1 Å². The number of hydrogen-bond donors (Lipinski definition) is 1. The summed E-state index contributed by atoms with van der Waals surface area (Å²) in [5, 5.41) is 2.76. The number of hydrogen-bond acceptors (Lipinski definition) is 4. The van der Waals surface area contributed by atoms with Gasteiger partial charge in [0, 0.05) is 6.54 Å². The lowest BCUT2D eigenvalue weighted by Crippen LogP contribution is -2.33. The summed E-state index contributed by atoms with van der Waals surface area (Å²) >= 11 is 0. The zero-order chi connectivity index (χ0) is 19.6. The van der Waals surface area contributed by atoms with Crippen LogP contribution < -0.4 is 10.1 Å². The Labute approximate surface area is 160 Å². The van der Waals surface area contributed by atoms with Crippen molar-refractivity contribution >= 4 is 11.9 Å². The normalized spacial score (nSPS) is 11.7. The molecular weight excluding hydrogens is 342 g/mol. The van der Waals surface area contributed by atoms with Gasteiger partial charge in [-0.25, -0.2) is 4.79 Å². The lowest BCUT2D eigenvalue weighted by Gasteiger charge is -2.14. The first-order valence-corrected chi connectivity index (χ1v) is 9.19. The number of ether oxygens (including phenoxy) is 2. The zero-order valence-corrected chi connectivity index (χ0v) is 16.1. The molecule has 0 bridgehead atoms. The fourth-order valence-corrected chi connectivity index (χ4v) is 2.47. The number of nitrogens with one attached hydrogen (secondary N) is 1. The summed E-state index contributed by atoms with van der Waals surface area (Å²) in [5.41, 5.74) is 2.45. The molecular formula is C22H27NO4. The summed E-state index contributed by atoms with van der Waals surface area (Å²) < 4.78 is 10.5. The Hall–Kier alpha value is -2.82. The van der Waals surface area contributed by atoms with Gasteiger partial charge in [0.15, 0.2) is 12.7 Å². The van der Waals surface area contributed by atoms with E-state index in [9.17, 15) is 9.59 Å². The Kier molecular flexibility index (Phi) is 7.86. The summed E-state index contributed by atoms with van der Waals surface area (Å²) in [4.78, 5) is 23.7. The third kappa shape index (κ3) is 7.13. The van der Waals surface area contributed by atoms with E-state index in [0.717, 1.165) is 12.0 Å². The van der Waals surface area contributed by atoms with E-state index in [0.29, 0.717) is 18.2 Å². The molecule has 0 fully saturated rings. The average molecular weight is 369 g/mol. The number of carbonyl (C=O) groups excluding carboxylic acids is 2. The maximum Gasteiger partial charge on any atom is 0.347 e. The number of esters is 1. The molecule has 5 nitrogen and oxygen atoms in total. The van der Waals surface area contributed by atoms with E-state index in [-0.39, 0.29) is 12.5 Å². The molecule has 1 N–H and O–H groups in total. The van der Waals surface area contributed by atoms with Gasteiger partial charge in [0.1, 0.15) is 5.75 Å². The van der Waals surface area contributed by atoms with Crippen LogP contribution in [0.2, 0.25) is 0 Å². The largest absolute Gasteiger partial charge is 0.479 e. The summed E-state index contributed by atoms with van der Waals surface area (Å²) in [6.07, 6.45) is -0.0503.